The summed E-state index contributed by atoms with van der Waals surface area (Å²) in [6, 6.07) is 11.8. The molecule has 2 N–H and O–H groups in total. The average molecular weight is 354 g/mol. The zero-order valence-electron chi connectivity index (χ0n) is 15.0. The number of fused-ring (bicyclic) bond motifs is 1. The third kappa shape index (κ3) is 3.96. The molecule has 26 heavy (non-hydrogen) atoms. The summed E-state index contributed by atoms with van der Waals surface area (Å²) in [7, 11) is 0. The first-order chi connectivity index (χ1) is 12.4. The van der Waals surface area contributed by atoms with Crippen LogP contribution >= 0.6 is 0 Å². The van der Waals surface area contributed by atoms with E-state index in [9.17, 15) is 9.59 Å². The van der Waals surface area contributed by atoms with Crippen LogP contribution in [0.1, 0.15) is 29.8 Å². The van der Waals surface area contributed by atoms with Crippen molar-refractivity contribution in [2.24, 2.45) is 5.92 Å². The molecule has 0 saturated carbocycles. The molecule has 0 bridgehead atoms. The molecule has 6 nitrogen and oxygen atoms in total. The first kappa shape index (κ1) is 17.8. The standard InChI is InChI=1S/C20H22N2O4/c1-12(2)18(22-19(23)14-6-4-13(3)5-7-14)20(24)21-15-8-9-16-17(10-15)26-11-25-16/h4-10,12,18H,11H2,1-3H3,(H,21,24)(H,22,23)/t18-/m1/s1. The third-order valence-corrected chi connectivity index (χ3v) is 4.19. The number of hydrogen-bond acceptors (Lipinski definition) is 4. The fourth-order valence-electron chi connectivity index (χ4n) is 2.66. The SMILES string of the molecule is Cc1ccc(C(=O)N[C@@H](C(=O)Nc2ccc3c(c2)OCO3)C(C)C)cc1. The van der Waals surface area contributed by atoms with E-state index in [-0.39, 0.29) is 24.5 Å². The van der Waals surface area contributed by atoms with E-state index in [1.54, 1.807) is 30.3 Å². The molecule has 1 aliphatic heterocycles. The minimum atomic E-state index is -0.658. The number of rotatable bonds is 5. The van der Waals surface area contributed by atoms with Crippen molar-refractivity contribution in [2.45, 2.75) is 26.8 Å². The molecule has 0 unspecified atom stereocenters. The largest absolute Gasteiger partial charge is 0.454 e. The zero-order valence-corrected chi connectivity index (χ0v) is 15.0. The molecular formula is C20H22N2O4. The smallest absolute Gasteiger partial charge is 0.251 e. The molecule has 0 radical (unpaired) electrons. The van der Waals surface area contributed by atoms with Gasteiger partial charge in [0.05, 0.1) is 0 Å². The number of carbonyl (C=O) groups is 2. The summed E-state index contributed by atoms with van der Waals surface area (Å²) in [6.45, 7) is 5.91. The fourth-order valence-corrected chi connectivity index (χ4v) is 2.66. The van der Waals surface area contributed by atoms with Crippen LogP contribution in [0.3, 0.4) is 0 Å². The summed E-state index contributed by atoms with van der Waals surface area (Å²) < 4.78 is 10.6. The highest BCUT2D eigenvalue weighted by atomic mass is 16.7. The van der Waals surface area contributed by atoms with Crippen LogP contribution in [-0.4, -0.2) is 24.6 Å². The van der Waals surface area contributed by atoms with Gasteiger partial charge >= 0.3 is 0 Å². The minimum Gasteiger partial charge on any atom is -0.454 e. The molecule has 3 rings (SSSR count). The van der Waals surface area contributed by atoms with Crippen LogP contribution in [0.25, 0.3) is 0 Å². The molecule has 0 aliphatic carbocycles. The Morgan fingerprint density at radius 3 is 2.38 bits per heavy atom. The van der Waals surface area contributed by atoms with Gasteiger partial charge in [-0.2, -0.15) is 0 Å². The Labute approximate surface area is 152 Å². The van der Waals surface area contributed by atoms with Crippen LogP contribution in [-0.2, 0) is 4.79 Å². The molecule has 0 aromatic heterocycles. The van der Waals surface area contributed by atoms with Crippen molar-refractivity contribution in [3.05, 3.63) is 53.6 Å². The van der Waals surface area contributed by atoms with E-state index >= 15 is 0 Å². The van der Waals surface area contributed by atoms with Crippen LogP contribution < -0.4 is 20.1 Å². The number of ether oxygens (including phenoxy) is 2. The topological polar surface area (TPSA) is 76.7 Å². The normalized spacial score (nSPS) is 13.4. The molecule has 1 atom stereocenters. The second-order valence-electron chi connectivity index (χ2n) is 6.62. The molecule has 6 heteroatoms. The van der Waals surface area contributed by atoms with Crippen molar-refractivity contribution in [3.8, 4) is 11.5 Å². The van der Waals surface area contributed by atoms with Crippen molar-refractivity contribution in [1.29, 1.82) is 0 Å². The number of aryl methyl sites for hydroxylation is 1. The maximum atomic E-state index is 12.7. The molecule has 2 aromatic rings. The Morgan fingerprint density at radius 2 is 1.69 bits per heavy atom. The second kappa shape index (κ2) is 7.47. The second-order valence-corrected chi connectivity index (χ2v) is 6.62. The van der Waals surface area contributed by atoms with E-state index in [2.05, 4.69) is 10.6 Å². The number of carbonyl (C=O) groups excluding carboxylic acids is 2. The Kier molecular flexibility index (Phi) is 5.11. The van der Waals surface area contributed by atoms with E-state index in [0.29, 0.717) is 22.7 Å². The van der Waals surface area contributed by atoms with Gasteiger partial charge in [-0.25, -0.2) is 0 Å². The van der Waals surface area contributed by atoms with Crippen molar-refractivity contribution < 1.29 is 19.1 Å². The summed E-state index contributed by atoms with van der Waals surface area (Å²) in [6.07, 6.45) is 0. The zero-order chi connectivity index (χ0) is 18.7. The van der Waals surface area contributed by atoms with Crippen LogP contribution in [0.15, 0.2) is 42.5 Å². The Bertz CT molecular complexity index is 815. The number of benzene rings is 2. The summed E-state index contributed by atoms with van der Waals surface area (Å²) in [5.41, 5.74) is 2.19. The lowest BCUT2D eigenvalue weighted by atomic mass is 10.0. The lowest BCUT2D eigenvalue weighted by molar-refractivity contribution is -0.118. The highest BCUT2D eigenvalue weighted by Gasteiger charge is 2.25. The number of anilines is 1. The maximum absolute atomic E-state index is 12.7. The monoisotopic (exact) mass is 354 g/mol. The molecule has 136 valence electrons. The Hall–Kier alpha value is -3.02. The maximum Gasteiger partial charge on any atom is 0.251 e. The van der Waals surface area contributed by atoms with Crippen molar-refractivity contribution in [2.75, 3.05) is 12.1 Å². The van der Waals surface area contributed by atoms with E-state index in [4.69, 9.17) is 9.47 Å². The van der Waals surface area contributed by atoms with Gasteiger partial charge in [-0.05, 0) is 37.1 Å². The number of nitrogens with one attached hydrogen (secondary N) is 2. The van der Waals surface area contributed by atoms with E-state index in [1.807, 2.05) is 32.9 Å². The van der Waals surface area contributed by atoms with E-state index < -0.39 is 6.04 Å². The molecule has 0 spiro atoms. The van der Waals surface area contributed by atoms with E-state index in [1.165, 1.54) is 0 Å². The summed E-state index contributed by atoms with van der Waals surface area (Å²) in [5.74, 6) is 0.617. The summed E-state index contributed by atoms with van der Waals surface area (Å²) >= 11 is 0. The molecule has 2 aromatic carbocycles. The number of hydrogen-bond donors (Lipinski definition) is 2. The van der Waals surface area contributed by atoms with Gasteiger partial charge in [-0.1, -0.05) is 31.5 Å². The van der Waals surface area contributed by atoms with Gasteiger partial charge < -0.3 is 20.1 Å². The fraction of sp³-hybridized carbons (Fsp3) is 0.300. The highest BCUT2D eigenvalue weighted by molar-refractivity contribution is 6.01. The summed E-state index contributed by atoms with van der Waals surface area (Å²) in [5, 5.41) is 5.65. The predicted molar refractivity (Wildman–Crippen MR) is 98.5 cm³/mol. The minimum absolute atomic E-state index is 0.0709. The lowest BCUT2D eigenvalue weighted by Gasteiger charge is -2.22. The van der Waals surface area contributed by atoms with Crippen LogP contribution in [0.4, 0.5) is 5.69 Å². The van der Waals surface area contributed by atoms with Crippen molar-refractivity contribution >= 4 is 17.5 Å². The van der Waals surface area contributed by atoms with Crippen LogP contribution in [0.5, 0.6) is 11.5 Å². The number of amides is 2. The van der Waals surface area contributed by atoms with Crippen molar-refractivity contribution in [1.82, 2.24) is 5.32 Å². The predicted octanol–water partition coefficient (Wildman–Crippen LogP) is 3.12. The van der Waals surface area contributed by atoms with Gasteiger partial charge in [-0.3, -0.25) is 9.59 Å². The molecular weight excluding hydrogens is 332 g/mol. The van der Waals surface area contributed by atoms with Gasteiger partial charge in [0.25, 0.3) is 5.91 Å². The van der Waals surface area contributed by atoms with Gasteiger partial charge in [0, 0.05) is 17.3 Å². The van der Waals surface area contributed by atoms with Gasteiger partial charge in [-0.15, -0.1) is 0 Å². The first-order valence-corrected chi connectivity index (χ1v) is 8.52. The quantitative estimate of drug-likeness (QED) is 0.865. The highest BCUT2D eigenvalue weighted by Crippen LogP contribution is 2.34. The third-order valence-electron chi connectivity index (χ3n) is 4.19. The average Bonchev–Trinajstić information content (AvgIpc) is 3.07. The first-order valence-electron chi connectivity index (χ1n) is 8.52. The summed E-state index contributed by atoms with van der Waals surface area (Å²) in [4.78, 5) is 25.1. The Morgan fingerprint density at radius 1 is 1.00 bits per heavy atom. The lowest BCUT2D eigenvalue weighted by Crippen LogP contribution is -2.47. The molecule has 0 saturated heterocycles. The molecule has 2 amide bonds. The van der Waals surface area contributed by atoms with Crippen LogP contribution in [0, 0.1) is 12.8 Å². The molecule has 1 aliphatic rings. The van der Waals surface area contributed by atoms with Gasteiger partial charge in [0.2, 0.25) is 12.7 Å². The van der Waals surface area contributed by atoms with Gasteiger partial charge in [0.15, 0.2) is 11.5 Å². The van der Waals surface area contributed by atoms with Gasteiger partial charge in [0.1, 0.15) is 6.04 Å². The van der Waals surface area contributed by atoms with E-state index in [0.717, 1.165) is 5.56 Å². The molecule has 1 heterocycles. The Balaban J connectivity index is 1.69. The van der Waals surface area contributed by atoms with Crippen molar-refractivity contribution in [3.63, 3.8) is 0 Å². The van der Waals surface area contributed by atoms with Crippen LogP contribution in [0.2, 0.25) is 0 Å². The molecule has 0 fully saturated rings.